The molecule has 4 nitrogen and oxygen atoms in total. The highest BCUT2D eigenvalue weighted by molar-refractivity contribution is 9.10. The third-order valence-electron chi connectivity index (χ3n) is 2.67. The largest absolute Gasteiger partial charge is 0.348 e. The molecule has 0 aliphatic carbocycles. The van der Waals surface area contributed by atoms with Gasteiger partial charge >= 0.3 is 5.69 Å². The van der Waals surface area contributed by atoms with E-state index >= 15 is 0 Å². The Morgan fingerprint density at radius 2 is 2.19 bits per heavy atom. The van der Waals surface area contributed by atoms with Gasteiger partial charge in [0, 0.05) is 9.86 Å². The van der Waals surface area contributed by atoms with E-state index in [4.69, 9.17) is 0 Å². The van der Waals surface area contributed by atoms with Crippen molar-refractivity contribution in [2.24, 2.45) is 0 Å². The summed E-state index contributed by atoms with van der Waals surface area (Å²) in [4.78, 5) is 11.6. The van der Waals surface area contributed by atoms with Crippen LogP contribution in [0.4, 0.5) is 0 Å². The number of hydrogen-bond donors (Lipinski definition) is 1. The Morgan fingerprint density at radius 3 is 3.00 bits per heavy atom. The molecule has 5 heteroatoms. The molecule has 3 rings (SSSR count). The molecular weight excluding hydrogens is 270 g/mol. The molecule has 1 aromatic carbocycles. The highest BCUT2D eigenvalue weighted by Gasteiger charge is 2.07. The van der Waals surface area contributed by atoms with E-state index in [0.29, 0.717) is 5.65 Å². The Balaban J connectivity index is 2.68. The van der Waals surface area contributed by atoms with Gasteiger partial charge in [0.25, 0.3) is 0 Å². The lowest BCUT2D eigenvalue weighted by atomic mass is 10.1. The molecule has 3 aromatic rings. The molecule has 0 unspecified atom stereocenters. The number of halogens is 1. The smallest absolute Gasteiger partial charge is 0.246 e. The van der Waals surface area contributed by atoms with Crippen LogP contribution in [0.25, 0.3) is 16.6 Å². The number of benzene rings is 1. The summed E-state index contributed by atoms with van der Waals surface area (Å²) < 4.78 is 2.58. The fourth-order valence-corrected chi connectivity index (χ4v) is 2.29. The van der Waals surface area contributed by atoms with Crippen molar-refractivity contribution in [3.8, 4) is 0 Å². The van der Waals surface area contributed by atoms with Crippen molar-refractivity contribution < 1.29 is 0 Å². The summed E-state index contributed by atoms with van der Waals surface area (Å²) in [5, 5.41) is 7.47. The van der Waals surface area contributed by atoms with Gasteiger partial charge in [0.1, 0.15) is 0 Å². The lowest BCUT2D eigenvalue weighted by Crippen LogP contribution is -2.10. The van der Waals surface area contributed by atoms with Gasteiger partial charge in [-0.25, -0.2) is 14.3 Å². The summed E-state index contributed by atoms with van der Waals surface area (Å²) in [6, 6.07) is 7.73. The van der Waals surface area contributed by atoms with Gasteiger partial charge in [-0.1, -0.05) is 15.9 Å². The van der Waals surface area contributed by atoms with Crippen molar-refractivity contribution in [2.75, 3.05) is 0 Å². The third kappa shape index (κ3) is 1.21. The first-order valence-electron chi connectivity index (χ1n) is 4.83. The molecule has 0 atom stereocenters. The minimum atomic E-state index is -0.206. The van der Waals surface area contributed by atoms with E-state index in [2.05, 4.69) is 26.1 Å². The zero-order chi connectivity index (χ0) is 11.3. The number of aromatic amines is 1. The summed E-state index contributed by atoms with van der Waals surface area (Å²) >= 11 is 3.43. The predicted octanol–water partition coefficient (Wildman–Crippen LogP) is 2.25. The molecular formula is C11H8BrN3O. The fraction of sp³-hybridized carbons (Fsp3) is 0.0909. The predicted molar refractivity (Wildman–Crippen MR) is 65.8 cm³/mol. The average Bonchev–Trinajstić information content (AvgIpc) is 2.61. The molecule has 0 saturated heterocycles. The van der Waals surface area contributed by atoms with E-state index < -0.39 is 0 Å². The van der Waals surface area contributed by atoms with Gasteiger partial charge in [0.15, 0.2) is 5.65 Å². The number of aryl methyl sites for hydroxylation is 1. The molecule has 0 saturated carbocycles. The number of aromatic nitrogens is 3. The number of nitrogens with zero attached hydrogens (tertiary/aromatic N) is 2. The lowest BCUT2D eigenvalue weighted by molar-refractivity contribution is 1.04. The molecule has 0 bridgehead atoms. The van der Waals surface area contributed by atoms with Crippen molar-refractivity contribution in [3.05, 3.63) is 44.8 Å². The number of fused-ring (bicyclic) bond motifs is 3. The molecule has 0 aliphatic rings. The van der Waals surface area contributed by atoms with Gasteiger partial charge in [-0.2, -0.15) is 5.10 Å². The molecule has 0 aliphatic heterocycles. The highest BCUT2D eigenvalue weighted by atomic mass is 79.9. The molecule has 2 heterocycles. The van der Waals surface area contributed by atoms with Gasteiger partial charge in [-0.15, -0.1) is 0 Å². The van der Waals surface area contributed by atoms with Crippen molar-refractivity contribution in [3.63, 3.8) is 0 Å². The normalized spacial score (nSPS) is 11.4. The Hall–Kier alpha value is -1.62. The minimum absolute atomic E-state index is 0.206. The maximum atomic E-state index is 11.6. The molecule has 2 aromatic heterocycles. The summed E-state index contributed by atoms with van der Waals surface area (Å²) in [6.07, 6.45) is 0. The van der Waals surface area contributed by atoms with E-state index in [-0.39, 0.29) is 5.69 Å². The molecule has 16 heavy (non-hydrogen) atoms. The zero-order valence-electron chi connectivity index (χ0n) is 8.49. The number of nitrogens with one attached hydrogen (secondary N) is 1. The average molecular weight is 278 g/mol. The summed E-state index contributed by atoms with van der Waals surface area (Å²) in [6.45, 7) is 2.01. The standard InChI is InChI=1S/C11H8BrN3O/c1-6-4-10-13-14-11(16)15(10)9-3-2-7(12)5-8(6)9/h2-5H,1H3,(H,14,16). The first-order chi connectivity index (χ1) is 7.66. The van der Waals surface area contributed by atoms with Crippen molar-refractivity contribution in [1.29, 1.82) is 0 Å². The van der Waals surface area contributed by atoms with Crippen LogP contribution in [-0.4, -0.2) is 14.6 Å². The fourth-order valence-electron chi connectivity index (χ4n) is 1.93. The van der Waals surface area contributed by atoms with Crippen LogP contribution in [0, 0.1) is 6.92 Å². The van der Waals surface area contributed by atoms with Crippen molar-refractivity contribution in [2.45, 2.75) is 6.92 Å². The summed E-state index contributed by atoms with van der Waals surface area (Å²) in [5.74, 6) is 0. The first kappa shape index (κ1) is 9.59. The van der Waals surface area contributed by atoms with Crippen LogP contribution in [0.2, 0.25) is 0 Å². The molecule has 1 N–H and O–H groups in total. The van der Waals surface area contributed by atoms with Crippen LogP contribution in [-0.2, 0) is 0 Å². The zero-order valence-corrected chi connectivity index (χ0v) is 10.1. The Kier molecular flexibility index (Phi) is 1.91. The second-order valence-electron chi connectivity index (χ2n) is 3.71. The third-order valence-corrected chi connectivity index (χ3v) is 3.16. The van der Waals surface area contributed by atoms with E-state index in [1.165, 1.54) is 0 Å². The van der Waals surface area contributed by atoms with Gasteiger partial charge in [-0.05, 0) is 36.8 Å². The molecule has 80 valence electrons. The Labute approximate surface area is 99.0 Å². The quantitative estimate of drug-likeness (QED) is 0.685. The van der Waals surface area contributed by atoms with Crippen molar-refractivity contribution >= 4 is 32.5 Å². The van der Waals surface area contributed by atoms with E-state index in [1.807, 2.05) is 31.2 Å². The highest BCUT2D eigenvalue weighted by Crippen LogP contribution is 2.23. The van der Waals surface area contributed by atoms with E-state index in [1.54, 1.807) is 4.40 Å². The minimum Gasteiger partial charge on any atom is -0.246 e. The molecule has 0 spiro atoms. The van der Waals surface area contributed by atoms with Crippen LogP contribution < -0.4 is 5.69 Å². The maximum Gasteiger partial charge on any atom is 0.348 e. The van der Waals surface area contributed by atoms with Crippen LogP contribution in [0.3, 0.4) is 0 Å². The summed E-state index contributed by atoms with van der Waals surface area (Å²) in [7, 11) is 0. The number of hydrogen-bond acceptors (Lipinski definition) is 2. The Bertz CT molecular complexity index is 757. The monoisotopic (exact) mass is 277 g/mol. The van der Waals surface area contributed by atoms with Crippen LogP contribution >= 0.6 is 15.9 Å². The second kappa shape index (κ2) is 3.18. The lowest BCUT2D eigenvalue weighted by Gasteiger charge is -2.04. The molecule has 0 fully saturated rings. The van der Waals surface area contributed by atoms with Crippen LogP contribution in [0.15, 0.2) is 33.5 Å². The van der Waals surface area contributed by atoms with E-state index in [0.717, 1.165) is 20.9 Å². The SMILES string of the molecule is Cc1cc2n[nH]c(=O)n2c2ccc(Br)cc12. The number of H-pyrrole nitrogens is 1. The summed E-state index contributed by atoms with van der Waals surface area (Å²) in [5.41, 5.74) is 2.42. The topological polar surface area (TPSA) is 50.2 Å². The van der Waals surface area contributed by atoms with Crippen molar-refractivity contribution in [1.82, 2.24) is 14.6 Å². The first-order valence-corrected chi connectivity index (χ1v) is 5.62. The van der Waals surface area contributed by atoms with E-state index in [9.17, 15) is 4.79 Å². The van der Waals surface area contributed by atoms with Crippen LogP contribution in [0.1, 0.15) is 5.56 Å². The molecule has 0 radical (unpaired) electrons. The van der Waals surface area contributed by atoms with Gasteiger partial charge in [-0.3, -0.25) is 0 Å². The van der Waals surface area contributed by atoms with Crippen LogP contribution in [0.5, 0.6) is 0 Å². The Morgan fingerprint density at radius 1 is 1.38 bits per heavy atom. The van der Waals surface area contributed by atoms with Gasteiger partial charge in [0.2, 0.25) is 0 Å². The molecule has 0 amide bonds. The maximum absolute atomic E-state index is 11.6. The van der Waals surface area contributed by atoms with Gasteiger partial charge < -0.3 is 0 Å². The second-order valence-corrected chi connectivity index (χ2v) is 4.63. The number of pyridine rings is 1. The number of rotatable bonds is 0. The van der Waals surface area contributed by atoms with Gasteiger partial charge in [0.05, 0.1) is 5.52 Å².